The molecule has 1 N–H and O–H groups in total. The lowest BCUT2D eigenvalue weighted by Gasteiger charge is -2.09. The fraction of sp³-hybridized carbons (Fsp3) is 0.143. The molecule has 0 saturated carbocycles. The molecule has 2 aromatic carbocycles. The van der Waals surface area contributed by atoms with Crippen molar-refractivity contribution in [3.05, 3.63) is 58.9 Å². The van der Waals surface area contributed by atoms with Crippen molar-refractivity contribution in [2.75, 3.05) is 10.6 Å². The zero-order valence-corrected chi connectivity index (χ0v) is 13.1. The molecule has 0 spiro atoms. The Morgan fingerprint density at radius 1 is 1.10 bits per heavy atom. The Kier molecular flexibility index (Phi) is 5.08. The van der Waals surface area contributed by atoms with Crippen molar-refractivity contribution in [1.29, 1.82) is 0 Å². The smallest absolute Gasteiger partial charge is 0.261 e. The maximum absolute atomic E-state index is 13.1. The highest BCUT2D eigenvalue weighted by atomic mass is 35.5. The number of aryl methyl sites for hydroxylation is 1. The van der Waals surface area contributed by atoms with Crippen LogP contribution in [0, 0.1) is 5.82 Å². The van der Waals surface area contributed by atoms with Crippen molar-refractivity contribution in [3.8, 4) is 0 Å². The van der Waals surface area contributed by atoms with Gasteiger partial charge in [0, 0.05) is 5.88 Å². The van der Waals surface area contributed by atoms with E-state index in [9.17, 15) is 12.8 Å². The van der Waals surface area contributed by atoms with Gasteiger partial charge in [0.15, 0.2) is 0 Å². The van der Waals surface area contributed by atoms with Gasteiger partial charge in [-0.1, -0.05) is 23.7 Å². The SMILES string of the molecule is O=S(=O)(Nc1ccc(F)c(Cl)c1)c1ccc(CCCl)cc1. The number of nitrogens with one attached hydrogen (secondary N) is 1. The molecule has 0 aromatic heterocycles. The van der Waals surface area contributed by atoms with Crippen molar-refractivity contribution in [2.45, 2.75) is 11.3 Å². The number of benzene rings is 2. The second-order valence-corrected chi connectivity index (χ2v) is 6.78. The van der Waals surface area contributed by atoms with Crippen molar-refractivity contribution in [3.63, 3.8) is 0 Å². The van der Waals surface area contributed by atoms with Gasteiger partial charge in [-0.05, 0) is 42.3 Å². The maximum Gasteiger partial charge on any atom is 0.261 e. The van der Waals surface area contributed by atoms with E-state index in [1.54, 1.807) is 12.1 Å². The number of alkyl halides is 1. The molecule has 0 unspecified atom stereocenters. The number of hydrogen-bond donors (Lipinski definition) is 1. The summed E-state index contributed by atoms with van der Waals surface area (Å²) in [5.74, 6) is -0.136. The van der Waals surface area contributed by atoms with Gasteiger partial charge in [0.2, 0.25) is 0 Å². The minimum atomic E-state index is -3.74. The van der Waals surface area contributed by atoms with E-state index in [-0.39, 0.29) is 15.6 Å². The van der Waals surface area contributed by atoms with Gasteiger partial charge in [-0.2, -0.15) is 0 Å². The standard InChI is InChI=1S/C14H12Cl2FNO2S/c15-8-7-10-1-4-12(5-2-10)21(19,20)18-11-3-6-14(17)13(16)9-11/h1-6,9,18H,7-8H2. The molecule has 21 heavy (non-hydrogen) atoms. The Balaban J connectivity index is 2.23. The second-order valence-electron chi connectivity index (χ2n) is 4.32. The molecule has 2 aromatic rings. The lowest BCUT2D eigenvalue weighted by Crippen LogP contribution is -2.13. The summed E-state index contributed by atoms with van der Waals surface area (Å²) in [4.78, 5) is 0.112. The van der Waals surface area contributed by atoms with Crippen LogP contribution in [0.2, 0.25) is 5.02 Å². The fourth-order valence-electron chi connectivity index (χ4n) is 1.72. The molecule has 0 amide bonds. The molecule has 7 heteroatoms. The van der Waals surface area contributed by atoms with Crippen LogP contribution in [-0.2, 0) is 16.4 Å². The maximum atomic E-state index is 13.1. The van der Waals surface area contributed by atoms with Crippen LogP contribution in [0.1, 0.15) is 5.56 Å². The number of sulfonamides is 1. The molecule has 0 heterocycles. The Labute approximate surface area is 132 Å². The summed E-state index contributed by atoms with van der Waals surface area (Å²) in [6, 6.07) is 10.0. The Hall–Kier alpha value is -1.30. The summed E-state index contributed by atoms with van der Waals surface area (Å²) in [6.45, 7) is 0. The molecule has 0 saturated heterocycles. The van der Waals surface area contributed by atoms with Crippen LogP contribution >= 0.6 is 23.2 Å². The Morgan fingerprint density at radius 3 is 2.33 bits per heavy atom. The summed E-state index contributed by atoms with van der Waals surface area (Å²) >= 11 is 11.2. The zero-order chi connectivity index (χ0) is 15.5. The zero-order valence-electron chi connectivity index (χ0n) is 10.8. The van der Waals surface area contributed by atoms with Crippen molar-refractivity contribution in [1.82, 2.24) is 0 Å². The number of rotatable bonds is 5. The summed E-state index contributed by atoms with van der Waals surface area (Å²) < 4.78 is 39.8. The molecule has 2 rings (SSSR count). The first-order valence-electron chi connectivity index (χ1n) is 6.05. The predicted molar refractivity (Wildman–Crippen MR) is 83.1 cm³/mol. The molecule has 0 atom stereocenters. The summed E-state index contributed by atoms with van der Waals surface area (Å²) in [7, 11) is -3.74. The molecule has 0 radical (unpaired) electrons. The van der Waals surface area contributed by atoms with E-state index in [1.807, 2.05) is 0 Å². The van der Waals surface area contributed by atoms with E-state index in [1.165, 1.54) is 24.3 Å². The lowest BCUT2D eigenvalue weighted by molar-refractivity contribution is 0.601. The summed E-state index contributed by atoms with van der Waals surface area (Å²) in [5.41, 5.74) is 1.15. The van der Waals surface area contributed by atoms with Crippen LogP contribution in [0.25, 0.3) is 0 Å². The molecule has 3 nitrogen and oxygen atoms in total. The van der Waals surface area contributed by atoms with E-state index in [0.29, 0.717) is 12.3 Å². The normalized spacial score (nSPS) is 11.4. The van der Waals surface area contributed by atoms with Gasteiger partial charge in [0.25, 0.3) is 10.0 Å². The monoisotopic (exact) mass is 347 g/mol. The van der Waals surface area contributed by atoms with Crippen LogP contribution in [0.4, 0.5) is 10.1 Å². The summed E-state index contributed by atoms with van der Waals surface area (Å²) in [5, 5.41) is -0.146. The highest BCUT2D eigenvalue weighted by Crippen LogP contribution is 2.22. The van der Waals surface area contributed by atoms with Gasteiger partial charge in [-0.25, -0.2) is 12.8 Å². The van der Waals surface area contributed by atoms with Crippen LogP contribution in [0.15, 0.2) is 47.4 Å². The Bertz CT molecular complexity index is 733. The molecular formula is C14H12Cl2FNO2S. The van der Waals surface area contributed by atoms with E-state index < -0.39 is 15.8 Å². The van der Waals surface area contributed by atoms with Gasteiger partial charge in [-0.15, -0.1) is 11.6 Å². The first kappa shape index (κ1) is 16.1. The van der Waals surface area contributed by atoms with Crippen LogP contribution < -0.4 is 4.72 Å². The first-order valence-corrected chi connectivity index (χ1v) is 8.45. The van der Waals surface area contributed by atoms with Gasteiger partial charge in [0.1, 0.15) is 5.82 Å². The molecular weight excluding hydrogens is 336 g/mol. The molecule has 0 aliphatic carbocycles. The first-order chi connectivity index (χ1) is 9.92. The molecule has 0 fully saturated rings. The minimum Gasteiger partial charge on any atom is -0.280 e. The fourth-order valence-corrected chi connectivity index (χ4v) is 3.17. The largest absolute Gasteiger partial charge is 0.280 e. The van der Waals surface area contributed by atoms with Gasteiger partial charge >= 0.3 is 0 Å². The third-order valence-electron chi connectivity index (χ3n) is 2.79. The van der Waals surface area contributed by atoms with E-state index in [0.717, 1.165) is 11.6 Å². The van der Waals surface area contributed by atoms with Crippen molar-refractivity contribution in [2.24, 2.45) is 0 Å². The van der Waals surface area contributed by atoms with Crippen LogP contribution in [-0.4, -0.2) is 14.3 Å². The predicted octanol–water partition coefficient (Wildman–Crippen LogP) is 4.06. The average molecular weight is 348 g/mol. The van der Waals surface area contributed by atoms with E-state index in [2.05, 4.69) is 4.72 Å². The number of halogens is 3. The van der Waals surface area contributed by atoms with Crippen LogP contribution in [0.3, 0.4) is 0 Å². The quantitative estimate of drug-likeness (QED) is 0.829. The van der Waals surface area contributed by atoms with Crippen molar-refractivity contribution >= 4 is 38.9 Å². The lowest BCUT2D eigenvalue weighted by atomic mass is 10.2. The van der Waals surface area contributed by atoms with Gasteiger partial charge in [0.05, 0.1) is 15.6 Å². The van der Waals surface area contributed by atoms with Crippen molar-refractivity contribution < 1.29 is 12.8 Å². The molecule has 112 valence electrons. The van der Waals surface area contributed by atoms with E-state index in [4.69, 9.17) is 23.2 Å². The highest BCUT2D eigenvalue weighted by Gasteiger charge is 2.14. The minimum absolute atomic E-state index is 0.112. The van der Waals surface area contributed by atoms with Gasteiger partial charge < -0.3 is 0 Å². The summed E-state index contributed by atoms with van der Waals surface area (Å²) in [6.07, 6.45) is 0.670. The third kappa shape index (κ3) is 4.09. The number of hydrogen-bond acceptors (Lipinski definition) is 2. The number of anilines is 1. The van der Waals surface area contributed by atoms with Gasteiger partial charge in [-0.3, -0.25) is 4.72 Å². The Morgan fingerprint density at radius 2 is 1.76 bits per heavy atom. The van der Waals surface area contributed by atoms with E-state index >= 15 is 0 Å². The average Bonchev–Trinajstić information content (AvgIpc) is 2.44. The third-order valence-corrected chi connectivity index (χ3v) is 4.66. The topological polar surface area (TPSA) is 46.2 Å². The molecule has 0 aliphatic heterocycles. The second kappa shape index (κ2) is 6.64. The van der Waals surface area contributed by atoms with Crippen LogP contribution in [0.5, 0.6) is 0 Å². The highest BCUT2D eigenvalue weighted by molar-refractivity contribution is 7.92. The molecule has 0 aliphatic rings. The molecule has 0 bridgehead atoms.